The second kappa shape index (κ2) is 11.2. The molecule has 0 aromatic heterocycles. The topological polar surface area (TPSA) is 94.1 Å². The van der Waals surface area contributed by atoms with Gasteiger partial charge in [0.05, 0.1) is 14.2 Å². The molecule has 0 saturated heterocycles. The first kappa shape index (κ1) is 23.8. The molecule has 0 radical (unpaired) electrons. The lowest BCUT2D eigenvalue weighted by Crippen LogP contribution is -2.40. The van der Waals surface area contributed by atoms with Crippen LogP contribution in [-0.2, 0) is 26.3 Å². The molecule has 0 heterocycles. The molecule has 0 aliphatic heterocycles. The summed E-state index contributed by atoms with van der Waals surface area (Å²) in [6.45, 7) is -0.166. The number of methoxy groups -OCH3 is 2. The van der Waals surface area contributed by atoms with Crippen molar-refractivity contribution in [3.05, 3.63) is 95.6 Å². The van der Waals surface area contributed by atoms with Gasteiger partial charge in [-0.25, -0.2) is 4.79 Å². The highest BCUT2D eigenvalue weighted by Gasteiger charge is 2.41. The first-order chi connectivity index (χ1) is 16.0. The Morgan fingerprint density at radius 3 is 1.97 bits per heavy atom. The third-order valence-electron chi connectivity index (χ3n) is 5.20. The van der Waals surface area contributed by atoms with Crippen LogP contribution < -0.4 is 14.8 Å². The van der Waals surface area contributed by atoms with Gasteiger partial charge < -0.3 is 24.6 Å². The fourth-order valence-corrected chi connectivity index (χ4v) is 3.43. The van der Waals surface area contributed by atoms with E-state index in [0.717, 1.165) is 5.56 Å². The van der Waals surface area contributed by atoms with E-state index in [1.807, 2.05) is 12.1 Å². The van der Waals surface area contributed by atoms with E-state index >= 15 is 0 Å². The normalized spacial score (nSPS) is 10.9. The Morgan fingerprint density at radius 2 is 1.42 bits per heavy atom. The van der Waals surface area contributed by atoms with Gasteiger partial charge in [-0.15, -0.1) is 0 Å². The van der Waals surface area contributed by atoms with Gasteiger partial charge in [-0.3, -0.25) is 4.79 Å². The molecule has 3 aromatic carbocycles. The molecule has 7 nitrogen and oxygen atoms in total. The van der Waals surface area contributed by atoms with E-state index in [1.54, 1.807) is 80.9 Å². The third kappa shape index (κ3) is 5.70. The molecule has 2 N–H and O–H groups in total. The number of esters is 1. The van der Waals surface area contributed by atoms with E-state index in [0.29, 0.717) is 35.6 Å². The number of carbonyl (C=O) groups is 2. The molecule has 0 spiro atoms. The van der Waals surface area contributed by atoms with Gasteiger partial charge in [0.2, 0.25) is 5.60 Å². The third-order valence-corrected chi connectivity index (χ3v) is 5.20. The summed E-state index contributed by atoms with van der Waals surface area (Å²) in [5.41, 5.74) is -0.361. The quantitative estimate of drug-likeness (QED) is 0.463. The Balaban J connectivity index is 1.59. The second-order valence-corrected chi connectivity index (χ2v) is 7.31. The van der Waals surface area contributed by atoms with Gasteiger partial charge in [0, 0.05) is 6.54 Å². The maximum absolute atomic E-state index is 12.9. The van der Waals surface area contributed by atoms with Crippen molar-refractivity contribution in [2.24, 2.45) is 0 Å². The number of amides is 1. The molecule has 0 aliphatic rings. The van der Waals surface area contributed by atoms with Gasteiger partial charge in [0.1, 0.15) is 0 Å². The molecule has 0 fully saturated rings. The van der Waals surface area contributed by atoms with Crippen LogP contribution >= 0.6 is 0 Å². The van der Waals surface area contributed by atoms with Crippen LogP contribution in [0.3, 0.4) is 0 Å². The van der Waals surface area contributed by atoms with Crippen LogP contribution in [0.4, 0.5) is 0 Å². The number of nitrogens with one attached hydrogen (secondary N) is 1. The van der Waals surface area contributed by atoms with Gasteiger partial charge in [-0.1, -0.05) is 66.7 Å². The molecule has 3 aromatic rings. The molecule has 1 amide bonds. The second-order valence-electron chi connectivity index (χ2n) is 7.31. The van der Waals surface area contributed by atoms with Crippen LogP contribution in [0.1, 0.15) is 16.7 Å². The van der Waals surface area contributed by atoms with E-state index in [1.165, 1.54) is 0 Å². The molecule has 0 unspecified atom stereocenters. The highest BCUT2D eigenvalue weighted by Crippen LogP contribution is 2.31. The first-order valence-corrected chi connectivity index (χ1v) is 10.5. The van der Waals surface area contributed by atoms with E-state index in [2.05, 4.69) is 5.32 Å². The van der Waals surface area contributed by atoms with Gasteiger partial charge in [0.15, 0.2) is 18.1 Å². The number of aliphatic hydroxyl groups is 1. The Morgan fingerprint density at radius 1 is 0.848 bits per heavy atom. The van der Waals surface area contributed by atoms with Crippen LogP contribution in [0.15, 0.2) is 78.9 Å². The van der Waals surface area contributed by atoms with Gasteiger partial charge >= 0.3 is 5.97 Å². The van der Waals surface area contributed by atoms with Crippen molar-refractivity contribution in [1.82, 2.24) is 5.32 Å². The average molecular weight is 450 g/mol. The summed E-state index contributed by atoms with van der Waals surface area (Å²) in [6, 6.07) is 22.5. The molecule has 0 saturated carbocycles. The van der Waals surface area contributed by atoms with Crippen LogP contribution in [-0.4, -0.2) is 44.4 Å². The summed E-state index contributed by atoms with van der Waals surface area (Å²) in [6.07, 6.45) is 0.554. The van der Waals surface area contributed by atoms with Crippen LogP contribution in [0.25, 0.3) is 0 Å². The number of hydrogen-bond acceptors (Lipinski definition) is 6. The van der Waals surface area contributed by atoms with Crippen molar-refractivity contribution in [2.75, 3.05) is 27.4 Å². The van der Waals surface area contributed by atoms with Gasteiger partial charge in [0.25, 0.3) is 5.91 Å². The molecule has 0 bridgehead atoms. The fourth-order valence-electron chi connectivity index (χ4n) is 3.43. The summed E-state index contributed by atoms with van der Waals surface area (Å²) in [5, 5.41) is 14.0. The molecule has 0 aliphatic carbocycles. The predicted octanol–water partition coefficient (Wildman–Crippen LogP) is 2.84. The molecule has 7 heteroatoms. The van der Waals surface area contributed by atoms with E-state index in [4.69, 9.17) is 14.2 Å². The molecular weight excluding hydrogens is 422 g/mol. The van der Waals surface area contributed by atoms with E-state index in [-0.39, 0.29) is 0 Å². The predicted molar refractivity (Wildman–Crippen MR) is 123 cm³/mol. The SMILES string of the molecule is COc1ccc(CCNC(=O)COC(=O)C(O)(c2ccccc2)c2ccccc2)cc1OC. The van der Waals surface area contributed by atoms with Crippen molar-refractivity contribution < 1.29 is 28.9 Å². The molecule has 172 valence electrons. The lowest BCUT2D eigenvalue weighted by atomic mass is 9.86. The van der Waals surface area contributed by atoms with Crippen LogP contribution in [0, 0.1) is 0 Å². The maximum Gasteiger partial charge on any atom is 0.348 e. The van der Waals surface area contributed by atoms with Crippen molar-refractivity contribution in [2.45, 2.75) is 12.0 Å². The monoisotopic (exact) mass is 449 g/mol. The summed E-state index contributed by atoms with van der Waals surface area (Å²) in [7, 11) is 3.12. The number of carbonyl (C=O) groups excluding carboxylic acids is 2. The summed E-state index contributed by atoms with van der Waals surface area (Å²) in [5.74, 6) is -0.153. The van der Waals surface area contributed by atoms with Crippen molar-refractivity contribution in [1.29, 1.82) is 0 Å². The zero-order valence-electron chi connectivity index (χ0n) is 18.6. The zero-order chi connectivity index (χ0) is 23.7. The number of rotatable bonds is 10. The Labute approximate surface area is 192 Å². The highest BCUT2D eigenvalue weighted by molar-refractivity contribution is 5.88. The minimum absolute atomic E-state index is 0.341. The van der Waals surface area contributed by atoms with Crippen molar-refractivity contribution >= 4 is 11.9 Å². The molecule has 33 heavy (non-hydrogen) atoms. The van der Waals surface area contributed by atoms with Crippen LogP contribution in [0.5, 0.6) is 11.5 Å². The summed E-state index contributed by atoms with van der Waals surface area (Å²) >= 11 is 0. The number of hydrogen-bond donors (Lipinski definition) is 2. The van der Waals surface area contributed by atoms with Crippen LogP contribution in [0.2, 0.25) is 0 Å². The number of ether oxygens (including phenoxy) is 3. The Kier molecular flexibility index (Phi) is 8.05. The molecular formula is C26H27NO6. The lowest BCUT2D eigenvalue weighted by molar-refractivity contribution is -0.164. The standard InChI is InChI=1S/C26H27NO6/c1-31-22-14-13-19(17-23(22)32-2)15-16-27-24(28)18-33-25(29)26(30,20-9-5-3-6-10-20)21-11-7-4-8-12-21/h3-14,17,30H,15-16,18H2,1-2H3,(H,27,28). The van der Waals surface area contributed by atoms with E-state index < -0.39 is 24.1 Å². The smallest absolute Gasteiger partial charge is 0.348 e. The Hall–Kier alpha value is -3.84. The van der Waals surface area contributed by atoms with Crippen molar-refractivity contribution in [3.63, 3.8) is 0 Å². The Bertz CT molecular complexity index is 1030. The molecule has 0 atom stereocenters. The molecule has 3 rings (SSSR count). The van der Waals surface area contributed by atoms with Crippen molar-refractivity contribution in [3.8, 4) is 11.5 Å². The fraction of sp³-hybridized carbons (Fsp3) is 0.231. The number of benzene rings is 3. The van der Waals surface area contributed by atoms with Gasteiger partial charge in [-0.2, -0.15) is 0 Å². The summed E-state index contributed by atoms with van der Waals surface area (Å²) in [4.78, 5) is 25.2. The van der Waals surface area contributed by atoms with E-state index in [9.17, 15) is 14.7 Å². The first-order valence-electron chi connectivity index (χ1n) is 10.5. The minimum atomic E-state index is -2.03. The largest absolute Gasteiger partial charge is 0.493 e. The maximum atomic E-state index is 12.9. The lowest BCUT2D eigenvalue weighted by Gasteiger charge is -2.26. The van der Waals surface area contributed by atoms with Gasteiger partial charge in [-0.05, 0) is 35.2 Å². The highest BCUT2D eigenvalue weighted by atomic mass is 16.6. The zero-order valence-corrected chi connectivity index (χ0v) is 18.6. The minimum Gasteiger partial charge on any atom is -0.493 e. The average Bonchev–Trinajstić information content (AvgIpc) is 2.87. The summed E-state index contributed by atoms with van der Waals surface area (Å²) < 4.78 is 15.7.